The topological polar surface area (TPSA) is 101 Å². The normalized spacial score (nSPS) is 11.8. The molecule has 16 heavy (non-hydrogen) atoms. The molecule has 0 heterocycles. The lowest BCUT2D eigenvalue weighted by Crippen LogP contribution is -2.01. The van der Waals surface area contributed by atoms with E-state index in [1.807, 2.05) is 0 Å². The van der Waals surface area contributed by atoms with E-state index in [-0.39, 0.29) is 21.7 Å². The number of fused-ring (bicyclic) bond motifs is 1. The minimum absolute atomic E-state index is 0.0641. The first-order chi connectivity index (χ1) is 7.41. The van der Waals surface area contributed by atoms with Crippen LogP contribution in [0.15, 0.2) is 35.2 Å². The Labute approximate surface area is 91.9 Å². The number of nitrogen functional groups attached to an aromatic ring is 1. The highest BCUT2D eigenvalue weighted by molar-refractivity contribution is 7.86. The lowest BCUT2D eigenvalue weighted by molar-refractivity contribution is 0.478. The first kappa shape index (κ1) is 10.7. The number of hydrogen-bond donors (Lipinski definition) is 3. The van der Waals surface area contributed by atoms with E-state index in [0.29, 0.717) is 5.39 Å². The number of hydrogen-bond acceptors (Lipinski definition) is 4. The van der Waals surface area contributed by atoms with E-state index >= 15 is 0 Å². The zero-order chi connectivity index (χ0) is 11.9. The summed E-state index contributed by atoms with van der Waals surface area (Å²) in [5.74, 6) is -0.219. The van der Waals surface area contributed by atoms with Crippen molar-refractivity contribution in [2.24, 2.45) is 0 Å². The van der Waals surface area contributed by atoms with E-state index in [1.165, 1.54) is 24.3 Å². The molecular weight excluding hydrogens is 230 g/mol. The molecule has 0 saturated heterocycles. The molecule has 4 N–H and O–H groups in total. The average molecular weight is 239 g/mol. The Morgan fingerprint density at radius 3 is 2.44 bits per heavy atom. The lowest BCUT2D eigenvalue weighted by Gasteiger charge is -2.07. The van der Waals surface area contributed by atoms with Crippen LogP contribution in [0.5, 0.6) is 5.75 Å². The maximum atomic E-state index is 11.1. The fraction of sp³-hybridized carbons (Fsp3) is 0. The van der Waals surface area contributed by atoms with E-state index in [0.717, 1.165) is 0 Å². The number of rotatable bonds is 1. The molecular formula is C10H9NO4S. The van der Waals surface area contributed by atoms with E-state index in [4.69, 9.17) is 10.3 Å². The number of phenolic OH excluding ortho intramolecular Hbond substituents is 1. The van der Waals surface area contributed by atoms with E-state index in [9.17, 15) is 13.5 Å². The molecule has 6 heteroatoms. The second-order valence-electron chi connectivity index (χ2n) is 3.33. The first-order valence-corrected chi connectivity index (χ1v) is 5.83. The summed E-state index contributed by atoms with van der Waals surface area (Å²) in [5.41, 5.74) is 5.53. The molecule has 5 nitrogen and oxygen atoms in total. The van der Waals surface area contributed by atoms with Crippen LogP contribution in [0.2, 0.25) is 0 Å². The maximum Gasteiger partial charge on any atom is 0.295 e. The molecule has 2 aromatic rings. The fourth-order valence-corrected chi connectivity index (χ4v) is 2.31. The quantitative estimate of drug-likeness (QED) is 0.396. The summed E-state index contributed by atoms with van der Waals surface area (Å²) in [4.78, 5) is -0.307. The van der Waals surface area contributed by atoms with Crippen LogP contribution in [-0.2, 0) is 10.1 Å². The Morgan fingerprint density at radius 2 is 1.81 bits per heavy atom. The summed E-state index contributed by atoms with van der Waals surface area (Å²) in [7, 11) is -4.36. The largest absolute Gasteiger partial charge is 0.506 e. The molecule has 2 aromatic carbocycles. The van der Waals surface area contributed by atoms with Crippen LogP contribution in [0.1, 0.15) is 0 Å². The molecule has 0 aliphatic heterocycles. The Balaban J connectivity index is 3.02. The predicted molar refractivity (Wildman–Crippen MR) is 59.8 cm³/mol. The van der Waals surface area contributed by atoms with Crippen LogP contribution < -0.4 is 5.73 Å². The van der Waals surface area contributed by atoms with Crippen molar-refractivity contribution in [3.8, 4) is 5.75 Å². The maximum absolute atomic E-state index is 11.1. The predicted octanol–water partition coefficient (Wildman–Crippen LogP) is 1.37. The molecule has 0 aromatic heterocycles. The van der Waals surface area contributed by atoms with Gasteiger partial charge in [0.15, 0.2) is 0 Å². The van der Waals surface area contributed by atoms with Crippen molar-refractivity contribution in [3.05, 3.63) is 30.3 Å². The van der Waals surface area contributed by atoms with Gasteiger partial charge < -0.3 is 10.8 Å². The summed E-state index contributed by atoms with van der Waals surface area (Å²) >= 11 is 0. The molecule has 0 aliphatic rings. The molecule has 0 saturated carbocycles. The van der Waals surface area contributed by atoms with Gasteiger partial charge in [0.25, 0.3) is 10.1 Å². The molecule has 2 rings (SSSR count). The van der Waals surface area contributed by atoms with Crippen LogP contribution in [0.4, 0.5) is 5.69 Å². The third-order valence-corrected chi connectivity index (χ3v) is 3.20. The lowest BCUT2D eigenvalue weighted by atomic mass is 10.1. The molecule has 0 fully saturated rings. The van der Waals surface area contributed by atoms with Crippen LogP contribution >= 0.6 is 0 Å². The summed E-state index contributed by atoms with van der Waals surface area (Å²) in [6.45, 7) is 0. The number of aromatic hydroxyl groups is 1. The van der Waals surface area contributed by atoms with E-state index in [2.05, 4.69) is 0 Å². The van der Waals surface area contributed by atoms with Crippen molar-refractivity contribution in [3.63, 3.8) is 0 Å². The zero-order valence-electron chi connectivity index (χ0n) is 8.08. The average Bonchev–Trinajstić information content (AvgIpc) is 2.21. The first-order valence-electron chi connectivity index (χ1n) is 4.39. The van der Waals surface area contributed by atoms with Crippen LogP contribution in [-0.4, -0.2) is 18.1 Å². The third kappa shape index (κ3) is 1.58. The third-order valence-electron chi connectivity index (χ3n) is 2.30. The molecule has 0 atom stereocenters. The van der Waals surface area contributed by atoms with Crippen molar-refractivity contribution in [1.82, 2.24) is 0 Å². The van der Waals surface area contributed by atoms with Crippen molar-refractivity contribution in [1.29, 1.82) is 0 Å². The second kappa shape index (κ2) is 3.36. The highest BCUT2D eigenvalue weighted by Gasteiger charge is 2.16. The Kier molecular flexibility index (Phi) is 2.25. The monoisotopic (exact) mass is 239 g/mol. The Bertz CT molecular complexity index is 664. The summed E-state index contributed by atoms with van der Waals surface area (Å²) < 4.78 is 31.3. The van der Waals surface area contributed by atoms with Crippen LogP contribution in [0.25, 0.3) is 10.8 Å². The number of nitrogens with two attached hydrogens (primary N) is 1. The minimum Gasteiger partial charge on any atom is -0.506 e. The number of anilines is 1. The summed E-state index contributed by atoms with van der Waals surface area (Å²) in [6.07, 6.45) is 0. The summed E-state index contributed by atoms with van der Waals surface area (Å²) in [5, 5.41) is 10.1. The van der Waals surface area contributed by atoms with Crippen LogP contribution in [0, 0.1) is 0 Å². The minimum atomic E-state index is -4.36. The second-order valence-corrected chi connectivity index (χ2v) is 4.72. The molecule has 0 bridgehead atoms. The molecule has 0 radical (unpaired) electrons. The standard InChI is InChI=1S/C10H9NO4S/c11-10-7(12)5-4-6-2-1-3-8(9(6)10)16(13,14)15/h1-5,12H,11H2,(H,13,14,15). The Hall–Kier alpha value is -1.79. The van der Waals surface area contributed by atoms with Crippen LogP contribution in [0.3, 0.4) is 0 Å². The highest BCUT2D eigenvalue weighted by Crippen LogP contribution is 2.33. The van der Waals surface area contributed by atoms with Gasteiger partial charge in [0.05, 0.1) is 5.69 Å². The SMILES string of the molecule is Nc1c(O)ccc2cccc(S(=O)(=O)O)c12. The molecule has 0 aliphatic carbocycles. The number of phenols is 1. The highest BCUT2D eigenvalue weighted by atomic mass is 32.2. The summed E-state index contributed by atoms with van der Waals surface area (Å²) in [6, 6.07) is 7.25. The number of benzene rings is 2. The molecule has 0 spiro atoms. The van der Waals surface area contributed by atoms with Gasteiger partial charge in [-0.2, -0.15) is 8.42 Å². The van der Waals surface area contributed by atoms with Gasteiger partial charge in [0.1, 0.15) is 10.6 Å². The van der Waals surface area contributed by atoms with Crippen molar-refractivity contribution >= 4 is 26.6 Å². The Morgan fingerprint density at radius 1 is 1.12 bits per heavy atom. The van der Waals surface area contributed by atoms with Crippen molar-refractivity contribution in [2.75, 3.05) is 5.73 Å². The van der Waals surface area contributed by atoms with Crippen molar-refractivity contribution < 1.29 is 18.1 Å². The molecule has 0 unspecified atom stereocenters. The fourth-order valence-electron chi connectivity index (χ4n) is 1.58. The molecule has 84 valence electrons. The van der Waals surface area contributed by atoms with Gasteiger partial charge in [0, 0.05) is 5.39 Å². The zero-order valence-corrected chi connectivity index (χ0v) is 8.90. The van der Waals surface area contributed by atoms with Gasteiger partial charge in [-0.1, -0.05) is 18.2 Å². The van der Waals surface area contributed by atoms with Gasteiger partial charge in [-0.05, 0) is 17.5 Å². The van der Waals surface area contributed by atoms with Gasteiger partial charge in [0.2, 0.25) is 0 Å². The van der Waals surface area contributed by atoms with Gasteiger partial charge in [-0.25, -0.2) is 0 Å². The van der Waals surface area contributed by atoms with Gasteiger partial charge >= 0.3 is 0 Å². The smallest absolute Gasteiger partial charge is 0.295 e. The van der Waals surface area contributed by atoms with E-state index < -0.39 is 10.1 Å². The van der Waals surface area contributed by atoms with Gasteiger partial charge in [-0.15, -0.1) is 0 Å². The van der Waals surface area contributed by atoms with Gasteiger partial charge in [-0.3, -0.25) is 4.55 Å². The molecule has 0 amide bonds. The van der Waals surface area contributed by atoms with E-state index in [1.54, 1.807) is 6.07 Å². The van der Waals surface area contributed by atoms with Crippen molar-refractivity contribution in [2.45, 2.75) is 4.90 Å².